The van der Waals surface area contributed by atoms with Crippen LogP contribution >= 0.6 is 0 Å². The summed E-state index contributed by atoms with van der Waals surface area (Å²) in [4.78, 5) is 12.9. The molecule has 2 aromatic carbocycles. The molecule has 0 radical (unpaired) electrons. The monoisotopic (exact) mass is 349 g/mol. The molecular weight excluding hydrogens is 326 g/mol. The average Bonchev–Trinajstić information content (AvgIpc) is 3.16. The molecule has 26 heavy (non-hydrogen) atoms. The Bertz CT molecular complexity index is 926. The van der Waals surface area contributed by atoms with Gasteiger partial charge in [-0.1, -0.05) is 36.4 Å². The summed E-state index contributed by atoms with van der Waals surface area (Å²) >= 11 is 0. The zero-order valence-corrected chi connectivity index (χ0v) is 14.9. The summed E-state index contributed by atoms with van der Waals surface area (Å²) in [6, 6.07) is 14.1. The van der Waals surface area contributed by atoms with Gasteiger partial charge in [0.2, 0.25) is 0 Å². The van der Waals surface area contributed by atoms with Crippen LogP contribution in [0.3, 0.4) is 0 Å². The van der Waals surface area contributed by atoms with Gasteiger partial charge in [-0.3, -0.25) is 9.89 Å². The van der Waals surface area contributed by atoms with E-state index in [4.69, 9.17) is 4.74 Å². The first-order valence-electron chi connectivity index (χ1n) is 9.04. The lowest BCUT2D eigenvalue weighted by Crippen LogP contribution is -2.45. The molecule has 5 heteroatoms. The van der Waals surface area contributed by atoms with Gasteiger partial charge >= 0.3 is 0 Å². The Morgan fingerprint density at radius 3 is 2.81 bits per heavy atom. The summed E-state index contributed by atoms with van der Waals surface area (Å²) in [5, 5.41) is 11.1. The summed E-state index contributed by atoms with van der Waals surface area (Å²) in [6.45, 7) is 4.19. The zero-order valence-electron chi connectivity index (χ0n) is 14.9. The lowest BCUT2D eigenvalue weighted by Gasteiger charge is -2.39. The molecule has 4 rings (SSSR count). The first kappa shape index (κ1) is 16.8. The second-order valence-electron chi connectivity index (χ2n) is 7.03. The summed E-state index contributed by atoms with van der Waals surface area (Å²) in [6.07, 6.45) is 3.55. The van der Waals surface area contributed by atoms with E-state index in [9.17, 15) is 4.79 Å². The van der Waals surface area contributed by atoms with E-state index in [1.165, 1.54) is 11.1 Å². The maximum absolute atomic E-state index is 12.9. The van der Waals surface area contributed by atoms with Crippen molar-refractivity contribution in [2.75, 3.05) is 19.8 Å². The lowest BCUT2D eigenvalue weighted by molar-refractivity contribution is 0.0485. The molecule has 2 N–H and O–H groups in total. The summed E-state index contributed by atoms with van der Waals surface area (Å²) < 4.78 is 5.60. The molecule has 2 heterocycles. The maximum Gasteiger partial charge on any atom is 0.253 e. The molecule has 0 unspecified atom stereocenters. The minimum absolute atomic E-state index is 0.0701. The first-order chi connectivity index (χ1) is 12.7. The van der Waals surface area contributed by atoms with Crippen molar-refractivity contribution in [2.24, 2.45) is 0 Å². The highest BCUT2D eigenvalue weighted by Gasteiger charge is 2.36. The number of carbonyl (C=O) groups is 1. The number of benzene rings is 2. The highest BCUT2D eigenvalue weighted by atomic mass is 16.5. The minimum Gasteiger partial charge on any atom is -0.381 e. The molecule has 3 aromatic rings. The van der Waals surface area contributed by atoms with Crippen LogP contribution in [-0.4, -0.2) is 35.9 Å². The van der Waals surface area contributed by atoms with Crippen molar-refractivity contribution >= 4 is 16.8 Å². The zero-order chi connectivity index (χ0) is 18.0. The molecular formula is C21H23N3O2. The predicted octanol–water partition coefficient (Wildman–Crippen LogP) is 3.35. The molecule has 0 aliphatic carbocycles. The van der Waals surface area contributed by atoms with Crippen molar-refractivity contribution in [3.05, 3.63) is 65.4 Å². The van der Waals surface area contributed by atoms with Gasteiger partial charge < -0.3 is 10.1 Å². The van der Waals surface area contributed by atoms with E-state index in [-0.39, 0.29) is 11.3 Å². The first-order valence-corrected chi connectivity index (χ1v) is 9.04. The van der Waals surface area contributed by atoms with E-state index in [2.05, 4.69) is 46.7 Å². The number of nitrogens with one attached hydrogen (secondary N) is 2. The quantitative estimate of drug-likeness (QED) is 0.759. The molecule has 1 saturated heterocycles. The second-order valence-corrected chi connectivity index (χ2v) is 7.03. The van der Waals surface area contributed by atoms with E-state index in [1.54, 1.807) is 6.20 Å². The fourth-order valence-corrected chi connectivity index (χ4v) is 3.97. The number of aromatic nitrogens is 2. The Labute approximate surface area is 152 Å². The molecule has 0 saturated carbocycles. The van der Waals surface area contributed by atoms with Gasteiger partial charge in [-0.05, 0) is 37.0 Å². The SMILES string of the molecule is Cc1ccccc1C1(CNC(=O)c2cccc3cn[nH]c23)CCOCC1. The number of fused-ring (bicyclic) bond motifs is 1. The third kappa shape index (κ3) is 2.99. The Morgan fingerprint density at radius 1 is 1.19 bits per heavy atom. The molecule has 1 aliphatic rings. The topological polar surface area (TPSA) is 67.0 Å². The van der Waals surface area contributed by atoms with E-state index >= 15 is 0 Å². The summed E-state index contributed by atoms with van der Waals surface area (Å²) in [5.74, 6) is -0.0701. The molecule has 134 valence electrons. The third-order valence-electron chi connectivity index (χ3n) is 5.47. The average molecular weight is 349 g/mol. The van der Waals surface area contributed by atoms with Crippen LogP contribution in [0.2, 0.25) is 0 Å². The van der Waals surface area contributed by atoms with E-state index in [1.807, 2.05) is 18.2 Å². The molecule has 1 aromatic heterocycles. The number of aromatic amines is 1. The van der Waals surface area contributed by atoms with Crippen molar-refractivity contribution in [3.63, 3.8) is 0 Å². The Hall–Kier alpha value is -2.66. The van der Waals surface area contributed by atoms with Crippen LogP contribution in [0.1, 0.15) is 34.3 Å². The minimum atomic E-state index is -0.0822. The van der Waals surface area contributed by atoms with Gasteiger partial charge in [0.05, 0.1) is 17.3 Å². The van der Waals surface area contributed by atoms with Gasteiger partial charge in [-0.2, -0.15) is 5.10 Å². The molecule has 5 nitrogen and oxygen atoms in total. The van der Waals surface area contributed by atoms with Crippen LogP contribution in [0.5, 0.6) is 0 Å². The van der Waals surface area contributed by atoms with Crippen LogP contribution in [0, 0.1) is 6.92 Å². The van der Waals surface area contributed by atoms with Gasteiger partial charge in [0.25, 0.3) is 5.91 Å². The normalized spacial score (nSPS) is 16.5. The van der Waals surface area contributed by atoms with Crippen LogP contribution in [0.4, 0.5) is 0 Å². The lowest BCUT2D eigenvalue weighted by atomic mass is 9.72. The van der Waals surface area contributed by atoms with Crippen LogP contribution < -0.4 is 5.32 Å². The van der Waals surface area contributed by atoms with Gasteiger partial charge in [0.15, 0.2) is 0 Å². The van der Waals surface area contributed by atoms with Gasteiger partial charge in [0.1, 0.15) is 0 Å². The molecule has 1 fully saturated rings. The predicted molar refractivity (Wildman–Crippen MR) is 101 cm³/mol. The van der Waals surface area contributed by atoms with Crippen molar-refractivity contribution < 1.29 is 9.53 Å². The fourth-order valence-electron chi connectivity index (χ4n) is 3.97. The Balaban J connectivity index is 1.60. The number of rotatable bonds is 4. The van der Waals surface area contributed by atoms with E-state index < -0.39 is 0 Å². The Morgan fingerprint density at radius 2 is 2.00 bits per heavy atom. The number of ether oxygens (including phenoxy) is 1. The van der Waals surface area contributed by atoms with E-state index in [0.717, 1.165) is 37.0 Å². The number of amides is 1. The van der Waals surface area contributed by atoms with Gasteiger partial charge in [0, 0.05) is 30.6 Å². The van der Waals surface area contributed by atoms with Crippen molar-refractivity contribution in [1.29, 1.82) is 0 Å². The van der Waals surface area contributed by atoms with Gasteiger partial charge in [-0.25, -0.2) is 0 Å². The van der Waals surface area contributed by atoms with Crippen LogP contribution in [-0.2, 0) is 10.2 Å². The third-order valence-corrected chi connectivity index (χ3v) is 5.47. The van der Waals surface area contributed by atoms with Gasteiger partial charge in [-0.15, -0.1) is 0 Å². The summed E-state index contributed by atoms with van der Waals surface area (Å²) in [5.41, 5.74) is 3.90. The number of para-hydroxylation sites is 1. The number of hydrogen-bond donors (Lipinski definition) is 2. The van der Waals surface area contributed by atoms with E-state index in [0.29, 0.717) is 12.1 Å². The molecule has 0 atom stereocenters. The summed E-state index contributed by atoms with van der Waals surface area (Å²) in [7, 11) is 0. The smallest absolute Gasteiger partial charge is 0.253 e. The molecule has 0 bridgehead atoms. The number of aryl methyl sites for hydroxylation is 1. The largest absolute Gasteiger partial charge is 0.381 e. The molecule has 0 spiro atoms. The fraction of sp³-hybridized carbons (Fsp3) is 0.333. The number of H-pyrrole nitrogens is 1. The number of hydrogen-bond acceptors (Lipinski definition) is 3. The Kier molecular flexibility index (Phi) is 4.47. The second kappa shape index (κ2) is 6.92. The highest BCUT2D eigenvalue weighted by molar-refractivity contribution is 6.05. The highest BCUT2D eigenvalue weighted by Crippen LogP contribution is 2.36. The van der Waals surface area contributed by atoms with Crippen molar-refractivity contribution in [1.82, 2.24) is 15.5 Å². The van der Waals surface area contributed by atoms with Crippen LogP contribution in [0.25, 0.3) is 10.9 Å². The maximum atomic E-state index is 12.9. The molecule has 1 amide bonds. The molecule has 1 aliphatic heterocycles. The van der Waals surface area contributed by atoms with Crippen molar-refractivity contribution in [3.8, 4) is 0 Å². The van der Waals surface area contributed by atoms with Crippen molar-refractivity contribution in [2.45, 2.75) is 25.2 Å². The standard InChI is InChI=1S/C21H23N3O2/c1-15-5-2-3-8-18(15)21(9-11-26-12-10-21)14-22-20(25)17-7-4-6-16-13-23-24-19(16)17/h2-8,13H,9-12,14H2,1H3,(H,22,25)(H,23,24). The number of carbonyl (C=O) groups excluding carboxylic acids is 1. The number of nitrogens with zero attached hydrogens (tertiary/aromatic N) is 1. The van der Waals surface area contributed by atoms with Crippen LogP contribution in [0.15, 0.2) is 48.7 Å².